The van der Waals surface area contributed by atoms with Gasteiger partial charge in [-0.05, 0) is 11.1 Å². The third kappa shape index (κ3) is 3.70. The smallest absolute Gasteiger partial charge is 0.0421 e. The van der Waals surface area contributed by atoms with Gasteiger partial charge < -0.3 is 11.1 Å². The number of benzene rings is 2. The van der Waals surface area contributed by atoms with Crippen molar-refractivity contribution >= 4 is 0 Å². The highest BCUT2D eigenvalue weighted by Crippen LogP contribution is 2.08. The molecule has 2 rings (SSSR count). The lowest BCUT2D eigenvalue weighted by molar-refractivity contribution is 0.598. The van der Waals surface area contributed by atoms with Crippen LogP contribution in [0.1, 0.15) is 17.2 Å². The summed E-state index contributed by atoms with van der Waals surface area (Å²) in [6.45, 7) is 1.65. The molecule has 0 saturated carbocycles. The van der Waals surface area contributed by atoms with Crippen molar-refractivity contribution in [3.05, 3.63) is 71.8 Å². The molecular weight excluding hydrogens is 208 g/mol. The minimum Gasteiger partial charge on any atom is -0.323 e. The second-order valence-corrected chi connectivity index (χ2v) is 4.13. The summed E-state index contributed by atoms with van der Waals surface area (Å²) in [6.07, 6.45) is 0. The molecule has 88 valence electrons. The summed E-state index contributed by atoms with van der Waals surface area (Å²) < 4.78 is 0. The van der Waals surface area contributed by atoms with E-state index in [1.807, 2.05) is 36.4 Å². The van der Waals surface area contributed by atoms with Crippen LogP contribution in [0.4, 0.5) is 0 Å². The minimum absolute atomic E-state index is 0.0555. The van der Waals surface area contributed by atoms with Crippen LogP contribution in [0.25, 0.3) is 0 Å². The molecule has 0 radical (unpaired) electrons. The molecule has 0 saturated heterocycles. The van der Waals surface area contributed by atoms with Gasteiger partial charge in [0.1, 0.15) is 0 Å². The van der Waals surface area contributed by atoms with Crippen LogP contribution in [-0.4, -0.2) is 6.54 Å². The van der Waals surface area contributed by atoms with Gasteiger partial charge in [-0.15, -0.1) is 0 Å². The molecular formula is C15H18N2. The molecule has 2 heteroatoms. The van der Waals surface area contributed by atoms with Crippen LogP contribution in [0.5, 0.6) is 0 Å². The van der Waals surface area contributed by atoms with Crippen LogP contribution in [0.15, 0.2) is 60.7 Å². The molecule has 0 amide bonds. The molecule has 1 atom stereocenters. The molecule has 2 aromatic rings. The molecule has 17 heavy (non-hydrogen) atoms. The number of hydrogen-bond donors (Lipinski definition) is 2. The highest BCUT2D eigenvalue weighted by atomic mass is 14.9. The predicted octanol–water partition coefficient (Wildman–Crippen LogP) is 2.48. The Morgan fingerprint density at radius 2 is 1.47 bits per heavy atom. The summed E-state index contributed by atoms with van der Waals surface area (Å²) >= 11 is 0. The van der Waals surface area contributed by atoms with Crippen LogP contribution in [0, 0.1) is 0 Å². The van der Waals surface area contributed by atoms with Crippen molar-refractivity contribution < 1.29 is 0 Å². The molecule has 0 aromatic heterocycles. The topological polar surface area (TPSA) is 38.0 Å². The zero-order valence-corrected chi connectivity index (χ0v) is 9.84. The lowest BCUT2D eigenvalue weighted by atomic mass is 10.1. The van der Waals surface area contributed by atoms with Crippen LogP contribution in [-0.2, 0) is 6.54 Å². The fourth-order valence-corrected chi connectivity index (χ4v) is 1.79. The van der Waals surface area contributed by atoms with Crippen molar-refractivity contribution in [1.29, 1.82) is 0 Å². The average molecular weight is 226 g/mol. The van der Waals surface area contributed by atoms with Gasteiger partial charge in [-0.2, -0.15) is 0 Å². The van der Waals surface area contributed by atoms with Gasteiger partial charge in [0.2, 0.25) is 0 Å². The fourth-order valence-electron chi connectivity index (χ4n) is 1.79. The summed E-state index contributed by atoms with van der Waals surface area (Å²) in [5.74, 6) is 0. The predicted molar refractivity (Wildman–Crippen MR) is 71.5 cm³/mol. The monoisotopic (exact) mass is 226 g/mol. The SMILES string of the molecule is N[C@@H](CNCc1ccccc1)c1ccccc1. The van der Waals surface area contributed by atoms with Gasteiger partial charge >= 0.3 is 0 Å². The third-order valence-electron chi connectivity index (χ3n) is 2.76. The third-order valence-corrected chi connectivity index (χ3v) is 2.76. The molecule has 0 spiro atoms. The van der Waals surface area contributed by atoms with Crippen molar-refractivity contribution in [1.82, 2.24) is 5.32 Å². The number of nitrogens with one attached hydrogen (secondary N) is 1. The highest BCUT2D eigenvalue weighted by Gasteiger charge is 2.03. The number of nitrogens with two attached hydrogens (primary N) is 1. The summed E-state index contributed by atoms with van der Waals surface area (Å²) in [6, 6.07) is 20.6. The van der Waals surface area contributed by atoms with E-state index in [9.17, 15) is 0 Å². The second kappa shape index (κ2) is 6.18. The Morgan fingerprint density at radius 3 is 2.12 bits per heavy atom. The largest absolute Gasteiger partial charge is 0.323 e. The quantitative estimate of drug-likeness (QED) is 0.822. The summed E-state index contributed by atoms with van der Waals surface area (Å²) in [7, 11) is 0. The first-order valence-corrected chi connectivity index (χ1v) is 5.91. The van der Waals surface area contributed by atoms with Gasteiger partial charge in [-0.25, -0.2) is 0 Å². The van der Waals surface area contributed by atoms with Crippen LogP contribution < -0.4 is 11.1 Å². The first-order valence-electron chi connectivity index (χ1n) is 5.91. The van der Waals surface area contributed by atoms with E-state index in [-0.39, 0.29) is 6.04 Å². The van der Waals surface area contributed by atoms with Gasteiger partial charge in [0.05, 0.1) is 0 Å². The van der Waals surface area contributed by atoms with E-state index >= 15 is 0 Å². The molecule has 0 fully saturated rings. The van der Waals surface area contributed by atoms with Gasteiger partial charge in [0.25, 0.3) is 0 Å². The minimum atomic E-state index is 0.0555. The van der Waals surface area contributed by atoms with E-state index in [0.717, 1.165) is 13.1 Å². The summed E-state index contributed by atoms with van der Waals surface area (Å²) in [4.78, 5) is 0. The van der Waals surface area contributed by atoms with Gasteiger partial charge in [-0.1, -0.05) is 60.7 Å². The molecule has 2 aromatic carbocycles. The van der Waals surface area contributed by atoms with E-state index in [1.54, 1.807) is 0 Å². The first kappa shape index (κ1) is 11.8. The molecule has 0 unspecified atom stereocenters. The van der Waals surface area contributed by atoms with Crippen LogP contribution in [0.3, 0.4) is 0 Å². The summed E-state index contributed by atoms with van der Waals surface area (Å²) in [5.41, 5.74) is 8.56. The van der Waals surface area contributed by atoms with Gasteiger partial charge in [0, 0.05) is 19.1 Å². The van der Waals surface area contributed by atoms with Crippen LogP contribution in [0.2, 0.25) is 0 Å². The zero-order valence-electron chi connectivity index (χ0n) is 9.84. The normalized spacial score (nSPS) is 12.3. The molecule has 0 aliphatic heterocycles. The maximum absolute atomic E-state index is 6.10. The van der Waals surface area contributed by atoms with Crippen LogP contribution >= 0.6 is 0 Å². The maximum Gasteiger partial charge on any atom is 0.0421 e. The lowest BCUT2D eigenvalue weighted by Gasteiger charge is -2.13. The Bertz CT molecular complexity index is 425. The maximum atomic E-state index is 6.10. The van der Waals surface area contributed by atoms with Crippen molar-refractivity contribution in [3.63, 3.8) is 0 Å². The van der Waals surface area contributed by atoms with Crippen molar-refractivity contribution in [2.45, 2.75) is 12.6 Å². The number of rotatable bonds is 5. The molecule has 0 heterocycles. The van der Waals surface area contributed by atoms with Crippen molar-refractivity contribution in [2.75, 3.05) is 6.54 Å². The first-order chi connectivity index (χ1) is 8.36. The van der Waals surface area contributed by atoms with Crippen molar-refractivity contribution in [3.8, 4) is 0 Å². The van der Waals surface area contributed by atoms with Gasteiger partial charge in [0.15, 0.2) is 0 Å². The standard InChI is InChI=1S/C15H18N2/c16-15(14-9-5-2-6-10-14)12-17-11-13-7-3-1-4-8-13/h1-10,15,17H,11-12,16H2/t15-/m0/s1. The Balaban J connectivity index is 1.79. The Hall–Kier alpha value is -1.64. The molecule has 0 aliphatic carbocycles. The Labute approximate surface area is 102 Å². The van der Waals surface area contributed by atoms with E-state index < -0.39 is 0 Å². The lowest BCUT2D eigenvalue weighted by Crippen LogP contribution is -2.26. The van der Waals surface area contributed by atoms with Crippen molar-refractivity contribution in [2.24, 2.45) is 5.73 Å². The van der Waals surface area contributed by atoms with E-state index in [1.165, 1.54) is 11.1 Å². The zero-order chi connectivity index (χ0) is 11.9. The summed E-state index contributed by atoms with van der Waals surface area (Å²) in [5, 5.41) is 3.37. The molecule has 0 bridgehead atoms. The average Bonchev–Trinajstić information content (AvgIpc) is 2.41. The van der Waals surface area contributed by atoms with Gasteiger partial charge in [-0.3, -0.25) is 0 Å². The number of hydrogen-bond acceptors (Lipinski definition) is 2. The second-order valence-electron chi connectivity index (χ2n) is 4.13. The molecule has 3 N–H and O–H groups in total. The van der Waals surface area contributed by atoms with E-state index in [0.29, 0.717) is 0 Å². The molecule has 2 nitrogen and oxygen atoms in total. The Kier molecular flexibility index (Phi) is 4.30. The van der Waals surface area contributed by atoms with E-state index in [2.05, 4.69) is 29.6 Å². The fraction of sp³-hybridized carbons (Fsp3) is 0.200. The highest BCUT2D eigenvalue weighted by molar-refractivity contribution is 5.19. The Morgan fingerprint density at radius 1 is 0.882 bits per heavy atom. The molecule has 0 aliphatic rings. The van der Waals surface area contributed by atoms with E-state index in [4.69, 9.17) is 5.73 Å².